The van der Waals surface area contributed by atoms with Crippen molar-refractivity contribution >= 4 is 16.8 Å². The van der Waals surface area contributed by atoms with Crippen LogP contribution in [0.3, 0.4) is 0 Å². The van der Waals surface area contributed by atoms with E-state index in [0.29, 0.717) is 25.3 Å². The molecule has 0 aliphatic rings. The standard InChI is InChI=1S/C26H24N2O/c1-2-17-28-24-16-10-9-15-23(24)18-25(28)26(29)27(19-21-11-5-3-6-12-21)20-22-13-7-4-8-14-22/h2-16,18H,1,17,19-20H2. The van der Waals surface area contributed by atoms with Crippen LogP contribution in [0.5, 0.6) is 0 Å². The van der Waals surface area contributed by atoms with Gasteiger partial charge in [0.1, 0.15) is 5.69 Å². The van der Waals surface area contributed by atoms with Gasteiger partial charge >= 0.3 is 0 Å². The number of fused-ring (bicyclic) bond motifs is 1. The minimum absolute atomic E-state index is 0.0238. The molecule has 0 saturated carbocycles. The summed E-state index contributed by atoms with van der Waals surface area (Å²) in [5, 5.41) is 1.07. The molecule has 144 valence electrons. The van der Waals surface area contributed by atoms with Gasteiger partial charge in [0.15, 0.2) is 0 Å². The molecule has 0 bridgehead atoms. The molecule has 0 aliphatic carbocycles. The van der Waals surface area contributed by atoms with Gasteiger partial charge in [0.25, 0.3) is 5.91 Å². The largest absolute Gasteiger partial charge is 0.333 e. The van der Waals surface area contributed by atoms with Gasteiger partial charge in [-0.2, -0.15) is 0 Å². The van der Waals surface area contributed by atoms with Crippen LogP contribution in [-0.4, -0.2) is 15.4 Å². The molecule has 1 amide bonds. The van der Waals surface area contributed by atoms with Gasteiger partial charge in [0.05, 0.1) is 0 Å². The van der Waals surface area contributed by atoms with Crippen molar-refractivity contribution in [2.45, 2.75) is 19.6 Å². The predicted octanol–water partition coefficient (Wildman–Crippen LogP) is 5.67. The molecule has 0 atom stereocenters. The van der Waals surface area contributed by atoms with Crippen molar-refractivity contribution in [3.05, 3.63) is 120 Å². The molecule has 0 fully saturated rings. The average Bonchev–Trinajstić information content (AvgIpc) is 3.13. The zero-order valence-corrected chi connectivity index (χ0v) is 16.4. The first kappa shape index (κ1) is 18.8. The minimum atomic E-state index is 0.0238. The van der Waals surface area contributed by atoms with Gasteiger partial charge in [-0.25, -0.2) is 0 Å². The Hall–Kier alpha value is -3.59. The Morgan fingerprint density at radius 3 is 1.97 bits per heavy atom. The van der Waals surface area contributed by atoms with Crippen LogP contribution in [0.2, 0.25) is 0 Å². The number of hydrogen-bond donors (Lipinski definition) is 0. The molecular formula is C26H24N2O. The second kappa shape index (κ2) is 8.61. The van der Waals surface area contributed by atoms with E-state index < -0.39 is 0 Å². The van der Waals surface area contributed by atoms with Crippen molar-refractivity contribution in [2.24, 2.45) is 0 Å². The number of para-hydroxylation sites is 1. The highest BCUT2D eigenvalue weighted by molar-refractivity contribution is 5.98. The first-order valence-corrected chi connectivity index (χ1v) is 9.82. The van der Waals surface area contributed by atoms with Gasteiger partial charge in [-0.1, -0.05) is 84.9 Å². The zero-order chi connectivity index (χ0) is 20.1. The van der Waals surface area contributed by atoms with Crippen molar-refractivity contribution in [2.75, 3.05) is 0 Å². The van der Waals surface area contributed by atoms with E-state index in [2.05, 4.69) is 30.8 Å². The lowest BCUT2D eigenvalue weighted by molar-refractivity contribution is 0.0720. The van der Waals surface area contributed by atoms with Gasteiger partial charge in [-0.05, 0) is 23.3 Å². The number of carbonyl (C=O) groups is 1. The number of aromatic nitrogens is 1. The molecule has 0 N–H and O–H groups in total. The van der Waals surface area contributed by atoms with Gasteiger partial charge in [0.2, 0.25) is 0 Å². The molecule has 3 nitrogen and oxygen atoms in total. The summed E-state index contributed by atoms with van der Waals surface area (Å²) in [6.45, 7) is 5.59. The molecular weight excluding hydrogens is 356 g/mol. The maximum absolute atomic E-state index is 13.7. The third-order valence-electron chi connectivity index (χ3n) is 5.06. The van der Waals surface area contributed by atoms with Crippen molar-refractivity contribution in [1.82, 2.24) is 9.47 Å². The highest BCUT2D eigenvalue weighted by Crippen LogP contribution is 2.23. The fraction of sp³-hybridized carbons (Fsp3) is 0.115. The third kappa shape index (κ3) is 4.14. The number of carbonyl (C=O) groups excluding carboxylic acids is 1. The molecule has 29 heavy (non-hydrogen) atoms. The molecule has 1 heterocycles. The van der Waals surface area contributed by atoms with Crippen molar-refractivity contribution in [3.63, 3.8) is 0 Å². The highest BCUT2D eigenvalue weighted by atomic mass is 16.2. The van der Waals surface area contributed by atoms with Crippen molar-refractivity contribution in [3.8, 4) is 0 Å². The Morgan fingerprint density at radius 1 is 0.828 bits per heavy atom. The number of hydrogen-bond acceptors (Lipinski definition) is 1. The summed E-state index contributed by atoms with van der Waals surface area (Å²) in [4.78, 5) is 15.6. The van der Waals surface area contributed by atoms with Crippen LogP contribution in [0.1, 0.15) is 21.6 Å². The SMILES string of the molecule is C=CCn1c(C(=O)N(Cc2ccccc2)Cc2ccccc2)cc2ccccc21. The molecule has 0 spiro atoms. The summed E-state index contributed by atoms with van der Waals surface area (Å²) in [5.41, 5.74) is 3.97. The van der Waals surface area contributed by atoms with Crippen LogP contribution in [0, 0.1) is 0 Å². The topological polar surface area (TPSA) is 25.2 Å². The predicted molar refractivity (Wildman–Crippen MR) is 119 cm³/mol. The number of benzene rings is 3. The van der Waals surface area contributed by atoms with E-state index in [1.54, 1.807) is 0 Å². The van der Waals surface area contributed by atoms with E-state index in [4.69, 9.17) is 0 Å². The van der Waals surface area contributed by atoms with Gasteiger partial charge in [-0.15, -0.1) is 6.58 Å². The van der Waals surface area contributed by atoms with Crippen LogP contribution < -0.4 is 0 Å². The van der Waals surface area contributed by atoms with Gasteiger partial charge in [-0.3, -0.25) is 4.79 Å². The number of rotatable bonds is 7. The third-order valence-corrected chi connectivity index (χ3v) is 5.06. The summed E-state index contributed by atoms with van der Waals surface area (Å²) in [7, 11) is 0. The first-order valence-electron chi connectivity index (χ1n) is 9.82. The smallest absolute Gasteiger partial charge is 0.271 e. The quantitative estimate of drug-likeness (QED) is 0.379. The summed E-state index contributed by atoms with van der Waals surface area (Å²) in [5.74, 6) is 0.0238. The van der Waals surface area contributed by atoms with E-state index in [1.807, 2.05) is 82.3 Å². The summed E-state index contributed by atoms with van der Waals surface area (Å²) < 4.78 is 2.05. The van der Waals surface area contributed by atoms with Crippen LogP contribution in [0.25, 0.3) is 10.9 Å². The second-order valence-corrected chi connectivity index (χ2v) is 7.12. The first-order chi connectivity index (χ1) is 14.3. The van der Waals surface area contributed by atoms with E-state index in [0.717, 1.165) is 22.0 Å². The number of amides is 1. The molecule has 0 unspecified atom stereocenters. The average molecular weight is 380 g/mol. The van der Waals surface area contributed by atoms with Gasteiger partial charge < -0.3 is 9.47 Å². The van der Waals surface area contributed by atoms with Crippen molar-refractivity contribution in [1.29, 1.82) is 0 Å². The summed E-state index contributed by atoms with van der Waals surface area (Å²) in [6.07, 6.45) is 1.84. The van der Waals surface area contributed by atoms with Crippen LogP contribution in [-0.2, 0) is 19.6 Å². The lowest BCUT2D eigenvalue weighted by Crippen LogP contribution is -2.31. The molecule has 0 saturated heterocycles. The van der Waals surface area contributed by atoms with E-state index >= 15 is 0 Å². The summed E-state index contributed by atoms with van der Waals surface area (Å²) >= 11 is 0. The highest BCUT2D eigenvalue weighted by Gasteiger charge is 2.21. The normalized spacial score (nSPS) is 10.8. The molecule has 3 aromatic carbocycles. The van der Waals surface area contributed by atoms with Gasteiger partial charge in [0, 0.05) is 30.5 Å². The maximum atomic E-state index is 13.7. The van der Waals surface area contributed by atoms with Crippen molar-refractivity contribution < 1.29 is 4.79 Å². The Labute approximate surface area is 171 Å². The molecule has 4 aromatic rings. The lowest BCUT2D eigenvalue weighted by atomic mass is 10.1. The Kier molecular flexibility index (Phi) is 5.57. The monoisotopic (exact) mass is 380 g/mol. The minimum Gasteiger partial charge on any atom is -0.333 e. The number of allylic oxidation sites excluding steroid dienone is 1. The molecule has 3 heteroatoms. The van der Waals surface area contributed by atoms with E-state index in [1.165, 1.54) is 0 Å². The Balaban J connectivity index is 1.73. The van der Waals surface area contributed by atoms with Crippen LogP contribution in [0.4, 0.5) is 0 Å². The molecule has 0 aliphatic heterocycles. The molecule has 1 aromatic heterocycles. The molecule has 0 radical (unpaired) electrons. The zero-order valence-electron chi connectivity index (χ0n) is 16.4. The van der Waals surface area contributed by atoms with Crippen LogP contribution >= 0.6 is 0 Å². The second-order valence-electron chi connectivity index (χ2n) is 7.12. The van der Waals surface area contributed by atoms with E-state index in [-0.39, 0.29) is 5.91 Å². The fourth-order valence-corrected chi connectivity index (χ4v) is 3.68. The Morgan fingerprint density at radius 2 is 1.38 bits per heavy atom. The van der Waals surface area contributed by atoms with E-state index in [9.17, 15) is 4.79 Å². The summed E-state index contributed by atoms with van der Waals surface area (Å²) in [6, 6.07) is 30.4. The Bertz CT molecular complexity index is 1070. The van der Waals surface area contributed by atoms with Crippen LogP contribution in [0.15, 0.2) is 104 Å². The fourth-order valence-electron chi connectivity index (χ4n) is 3.68. The maximum Gasteiger partial charge on any atom is 0.271 e. The molecule has 4 rings (SSSR count). The number of nitrogens with zero attached hydrogens (tertiary/aromatic N) is 2. The lowest BCUT2D eigenvalue weighted by Gasteiger charge is -2.24.